The number of carbonyl (C=O) groups is 1. The highest BCUT2D eigenvalue weighted by molar-refractivity contribution is 6.05. The Morgan fingerprint density at radius 3 is 2.50 bits per heavy atom. The number of benzene rings is 3. The number of ether oxygens (including phenoxy) is 3. The predicted molar refractivity (Wildman–Crippen MR) is 120 cm³/mol. The van der Waals surface area contributed by atoms with Crippen LogP contribution in [0.25, 0.3) is 10.9 Å². The van der Waals surface area contributed by atoms with Gasteiger partial charge in [-0.15, -0.1) is 0 Å². The van der Waals surface area contributed by atoms with Gasteiger partial charge in [0.2, 0.25) is 0 Å². The van der Waals surface area contributed by atoms with Crippen molar-refractivity contribution in [2.75, 3.05) is 19.5 Å². The number of para-hydroxylation sites is 1. The van der Waals surface area contributed by atoms with Gasteiger partial charge in [-0.3, -0.25) is 4.79 Å². The Balaban J connectivity index is 1.56. The van der Waals surface area contributed by atoms with Gasteiger partial charge in [-0.1, -0.05) is 18.2 Å². The number of amides is 1. The van der Waals surface area contributed by atoms with Crippen molar-refractivity contribution >= 4 is 28.3 Å². The third-order valence-corrected chi connectivity index (χ3v) is 5.29. The summed E-state index contributed by atoms with van der Waals surface area (Å²) in [5, 5.41) is 6.91. The van der Waals surface area contributed by atoms with Crippen LogP contribution in [0, 0.1) is 0 Å². The Bertz CT molecular complexity index is 1320. The second-order valence-electron chi connectivity index (χ2n) is 7.13. The summed E-state index contributed by atoms with van der Waals surface area (Å²) in [7, 11) is 3.15. The number of anilines is 2. The first-order valence-corrected chi connectivity index (χ1v) is 9.98. The van der Waals surface area contributed by atoms with Crippen LogP contribution in [0.2, 0.25) is 0 Å². The molecule has 0 fully saturated rings. The number of hydrogen-bond donors (Lipinski definition) is 2. The summed E-state index contributed by atoms with van der Waals surface area (Å²) in [4.78, 5) is 21.4. The summed E-state index contributed by atoms with van der Waals surface area (Å²) in [6, 6.07) is 16.7. The molecule has 1 aliphatic heterocycles. The summed E-state index contributed by atoms with van der Waals surface area (Å²) in [5.41, 5.74) is 2.64. The van der Waals surface area contributed by atoms with Gasteiger partial charge in [-0.2, -0.15) is 0 Å². The van der Waals surface area contributed by atoms with Gasteiger partial charge < -0.3 is 24.8 Å². The fourth-order valence-corrected chi connectivity index (χ4v) is 3.75. The van der Waals surface area contributed by atoms with Crippen molar-refractivity contribution < 1.29 is 19.0 Å². The SMILES string of the molecule is COc1cc2ncnc(Nc3ccc(Oc4ccccc4)c4c3C(=O)NC4)c2cc1OC. The van der Waals surface area contributed by atoms with Crippen molar-refractivity contribution in [1.29, 1.82) is 0 Å². The molecular formula is C24H20N4O4. The molecule has 8 nitrogen and oxygen atoms in total. The van der Waals surface area contributed by atoms with E-state index in [1.807, 2.05) is 48.5 Å². The van der Waals surface area contributed by atoms with Crippen LogP contribution in [0.3, 0.4) is 0 Å². The van der Waals surface area contributed by atoms with Crippen molar-refractivity contribution in [2.45, 2.75) is 6.54 Å². The lowest BCUT2D eigenvalue weighted by Crippen LogP contribution is -2.13. The highest BCUT2D eigenvalue weighted by Gasteiger charge is 2.27. The molecule has 1 aromatic heterocycles. The van der Waals surface area contributed by atoms with E-state index < -0.39 is 0 Å². The number of carbonyl (C=O) groups excluding carboxylic acids is 1. The Morgan fingerprint density at radius 2 is 1.72 bits per heavy atom. The largest absolute Gasteiger partial charge is 0.493 e. The highest BCUT2D eigenvalue weighted by atomic mass is 16.5. The number of nitrogens with one attached hydrogen (secondary N) is 2. The Kier molecular flexibility index (Phi) is 4.95. The number of nitrogens with zero attached hydrogens (tertiary/aromatic N) is 2. The molecule has 0 aliphatic carbocycles. The number of methoxy groups -OCH3 is 2. The maximum Gasteiger partial charge on any atom is 0.254 e. The van der Waals surface area contributed by atoms with E-state index in [0.717, 1.165) is 10.9 Å². The first-order chi connectivity index (χ1) is 15.7. The lowest BCUT2D eigenvalue weighted by molar-refractivity contribution is 0.0966. The van der Waals surface area contributed by atoms with Crippen LogP contribution in [-0.4, -0.2) is 30.1 Å². The van der Waals surface area contributed by atoms with Crippen LogP contribution in [0.5, 0.6) is 23.0 Å². The minimum Gasteiger partial charge on any atom is -0.493 e. The van der Waals surface area contributed by atoms with Gasteiger partial charge in [-0.05, 0) is 30.3 Å². The zero-order valence-electron chi connectivity index (χ0n) is 17.5. The van der Waals surface area contributed by atoms with Crippen LogP contribution in [0.4, 0.5) is 11.5 Å². The number of rotatable bonds is 6. The second kappa shape index (κ2) is 8.07. The monoisotopic (exact) mass is 428 g/mol. The molecule has 2 heterocycles. The van der Waals surface area contributed by atoms with Gasteiger partial charge in [0.25, 0.3) is 5.91 Å². The summed E-state index contributed by atoms with van der Waals surface area (Å²) in [6.07, 6.45) is 1.46. The van der Waals surface area contributed by atoms with Crippen LogP contribution >= 0.6 is 0 Å². The molecule has 0 radical (unpaired) electrons. The zero-order chi connectivity index (χ0) is 22.1. The second-order valence-corrected chi connectivity index (χ2v) is 7.13. The van der Waals surface area contributed by atoms with E-state index in [0.29, 0.717) is 52.1 Å². The van der Waals surface area contributed by atoms with Gasteiger partial charge >= 0.3 is 0 Å². The van der Waals surface area contributed by atoms with Crippen molar-refractivity contribution in [3.05, 3.63) is 72.1 Å². The fraction of sp³-hybridized carbons (Fsp3) is 0.125. The van der Waals surface area contributed by atoms with E-state index in [1.165, 1.54) is 6.33 Å². The van der Waals surface area contributed by atoms with Gasteiger partial charge in [0.1, 0.15) is 23.6 Å². The van der Waals surface area contributed by atoms with E-state index in [-0.39, 0.29) is 5.91 Å². The Labute approximate surface area is 184 Å². The lowest BCUT2D eigenvalue weighted by atomic mass is 10.1. The van der Waals surface area contributed by atoms with Crippen molar-refractivity contribution in [1.82, 2.24) is 15.3 Å². The van der Waals surface area contributed by atoms with Gasteiger partial charge in [0.15, 0.2) is 11.5 Å². The minimum absolute atomic E-state index is 0.168. The molecule has 1 amide bonds. The molecule has 32 heavy (non-hydrogen) atoms. The molecule has 2 N–H and O–H groups in total. The van der Waals surface area contributed by atoms with Crippen LogP contribution in [0.15, 0.2) is 60.9 Å². The molecular weight excluding hydrogens is 408 g/mol. The van der Waals surface area contributed by atoms with Crippen LogP contribution in [0.1, 0.15) is 15.9 Å². The topological polar surface area (TPSA) is 94.6 Å². The number of hydrogen-bond acceptors (Lipinski definition) is 7. The van der Waals surface area contributed by atoms with Crippen molar-refractivity contribution in [3.8, 4) is 23.0 Å². The third-order valence-electron chi connectivity index (χ3n) is 5.29. The van der Waals surface area contributed by atoms with Gasteiger partial charge in [0.05, 0.1) is 31.0 Å². The first-order valence-electron chi connectivity index (χ1n) is 9.98. The molecule has 3 aromatic carbocycles. The number of aromatic nitrogens is 2. The number of fused-ring (bicyclic) bond motifs is 2. The molecule has 0 saturated heterocycles. The van der Waals surface area contributed by atoms with E-state index in [1.54, 1.807) is 20.3 Å². The molecule has 0 atom stereocenters. The van der Waals surface area contributed by atoms with E-state index in [2.05, 4.69) is 20.6 Å². The highest BCUT2D eigenvalue weighted by Crippen LogP contribution is 2.38. The zero-order valence-corrected chi connectivity index (χ0v) is 17.5. The molecule has 4 aromatic rings. The van der Waals surface area contributed by atoms with E-state index in [9.17, 15) is 4.79 Å². The smallest absolute Gasteiger partial charge is 0.254 e. The average Bonchev–Trinajstić information content (AvgIpc) is 3.23. The summed E-state index contributed by atoms with van der Waals surface area (Å²) in [5.74, 6) is 2.86. The van der Waals surface area contributed by atoms with E-state index >= 15 is 0 Å². The fourth-order valence-electron chi connectivity index (χ4n) is 3.75. The standard InChI is InChI=1S/C24H20N4O4/c1-30-20-10-15-18(11-21(20)31-2)26-13-27-23(15)28-17-8-9-19(16-12-25-24(29)22(16)17)32-14-6-4-3-5-7-14/h3-11,13H,12H2,1-2H3,(H,25,29)(H,26,27,28). The van der Waals surface area contributed by atoms with Crippen LogP contribution in [-0.2, 0) is 6.54 Å². The quantitative estimate of drug-likeness (QED) is 0.469. The van der Waals surface area contributed by atoms with E-state index in [4.69, 9.17) is 14.2 Å². The summed E-state index contributed by atoms with van der Waals surface area (Å²) in [6.45, 7) is 0.390. The normalized spacial score (nSPS) is 12.2. The average molecular weight is 428 g/mol. The van der Waals surface area contributed by atoms with Crippen molar-refractivity contribution in [3.63, 3.8) is 0 Å². The molecule has 5 rings (SSSR count). The maximum absolute atomic E-state index is 12.7. The summed E-state index contributed by atoms with van der Waals surface area (Å²) >= 11 is 0. The molecule has 1 aliphatic rings. The Hall–Kier alpha value is -4.33. The molecule has 160 valence electrons. The van der Waals surface area contributed by atoms with Crippen molar-refractivity contribution in [2.24, 2.45) is 0 Å². The first kappa shape index (κ1) is 19.6. The molecule has 0 unspecified atom stereocenters. The molecule has 0 saturated carbocycles. The molecule has 0 spiro atoms. The molecule has 0 bridgehead atoms. The maximum atomic E-state index is 12.7. The minimum atomic E-state index is -0.168. The summed E-state index contributed by atoms with van der Waals surface area (Å²) < 4.78 is 16.8. The molecule has 8 heteroatoms. The predicted octanol–water partition coefficient (Wildman–Crippen LogP) is 4.43. The Morgan fingerprint density at radius 1 is 0.938 bits per heavy atom. The van der Waals surface area contributed by atoms with Gasteiger partial charge in [0, 0.05) is 23.6 Å². The lowest BCUT2D eigenvalue weighted by Gasteiger charge is -2.15. The third kappa shape index (κ3) is 3.41. The van der Waals surface area contributed by atoms with Crippen LogP contribution < -0.4 is 24.8 Å². The van der Waals surface area contributed by atoms with Gasteiger partial charge in [-0.25, -0.2) is 9.97 Å².